The molecule has 0 amide bonds. The number of hydrogen-bond donors (Lipinski definition) is 0. The van der Waals surface area contributed by atoms with E-state index in [2.05, 4.69) is 107 Å². The van der Waals surface area contributed by atoms with Gasteiger partial charge in [0.15, 0.2) is 0 Å². The predicted molar refractivity (Wildman–Crippen MR) is 104 cm³/mol. The van der Waals surface area contributed by atoms with Crippen LogP contribution in [0.15, 0.2) is 91.0 Å². The molecule has 0 saturated heterocycles. The van der Waals surface area contributed by atoms with E-state index in [1.165, 1.54) is 17.1 Å². The van der Waals surface area contributed by atoms with E-state index >= 15 is 0 Å². The van der Waals surface area contributed by atoms with Gasteiger partial charge < -0.3 is 0 Å². The Labute approximate surface area is 146 Å². The van der Waals surface area contributed by atoms with E-state index in [0.717, 1.165) is 22.8 Å². The first-order valence-corrected chi connectivity index (χ1v) is 9.11. The molecule has 0 bridgehead atoms. The van der Waals surface area contributed by atoms with Crippen molar-refractivity contribution < 1.29 is 0 Å². The number of hydrogen-bond acceptors (Lipinski definition) is 0. The summed E-state index contributed by atoms with van der Waals surface area (Å²) in [5.74, 6) is 0. The number of para-hydroxylation sites is 3. The quantitative estimate of drug-likeness (QED) is 0.347. The molecule has 3 rings (SSSR count). The van der Waals surface area contributed by atoms with Gasteiger partial charge in [-0.15, -0.1) is 0 Å². The maximum atomic E-state index is 3.61. The molecular formula is C21H21BrN+. The highest BCUT2D eigenvalue weighted by Gasteiger charge is 2.35. The number of halogens is 1. The lowest BCUT2D eigenvalue weighted by Gasteiger charge is -2.37. The summed E-state index contributed by atoms with van der Waals surface area (Å²) in [4.78, 5) is 0. The summed E-state index contributed by atoms with van der Waals surface area (Å²) < 4.78 is 0.744. The largest absolute Gasteiger partial charge is 0.227 e. The molecule has 3 aromatic rings. The zero-order chi connectivity index (χ0) is 16.0. The van der Waals surface area contributed by atoms with Crippen LogP contribution in [0.5, 0.6) is 0 Å². The minimum Gasteiger partial charge on any atom is -0.227 e. The highest BCUT2D eigenvalue weighted by Crippen LogP contribution is 2.43. The van der Waals surface area contributed by atoms with E-state index < -0.39 is 0 Å². The molecule has 1 nitrogen and oxygen atoms in total. The van der Waals surface area contributed by atoms with Gasteiger partial charge in [0, 0.05) is 11.8 Å². The zero-order valence-electron chi connectivity index (χ0n) is 13.1. The summed E-state index contributed by atoms with van der Waals surface area (Å²) in [5.41, 5.74) is 3.89. The van der Waals surface area contributed by atoms with Gasteiger partial charge in [-0.1, -0.05) is 70.5 Å². The van der Waals surface area contributed by atoms with E-state index in [1.54, 1.807) is 0 Å². The second-order valence-electron chi connectivity index (χ2n) is 5.58. The maximum absolute atomic E-state index is 3.61. The fourth-order valence-electron chi connectivity index (χ4n) is 3.18. The van der Waals surface area contributed by atoms with Gasteiger partial charge in [0.05, 0.1) is 6.54 Å². The Morgan fingerprint density at radius 1 is 0.565 bits per heavy atom. The highest BCUT2D eigenvalue weighted by atomic mass is 79.9. The van der Waals surface area contributed by atoms with Crippen molar-refractivity contribution in [3.8, 4) is 0 Å². The molecule has 0 aliphatic heterocycles. The smallest absolute Gasteiger partial charge is 0.143 e. The van der Waals surface area contributed by atoms with Crippen molar-refractivity contribution in [3.05, 3.63) is 91.0 Å². The predicted octanol–water partition coefficient (Wildman–Crippen LogP) is 6.44. The van der Waals surface area contributed by atoms with Gasteiger partial charge >= 0.3 is 0 Å². The van der Waals surface area contributed by atoms with Crippen LogP contribution in [0, 0.1) is 0 Å². The Bertz CT molecular complexity index is 614. The Morgan fingerprint density at radius 2 is 0.913 bits per heavy atom. The van der Waals surface area contributed by atoms with Crippen LogP contribution in [-0.2, 0) is 0 Å². The first-order valence-electron chi connectivity index (χ1n) is 7.99. The fourth-order valence-corrected chi connectivity index (χ4v) is 3.43. The van der Waals surface area contributed by atoms with Gasteiger partial charge in [-0.3, -0.25) is 0 Å². The van der Waals surface area contributed by atoms with Crippen molar-refractivity contribution in [2.24, 2.45) is 0 Å². The van der Waals surface area contributed by atoms with Crippen LogP contribution in [0.1, 0.15) is 6.42 Å². The molecule has 116 valence electrons. The molecule has 0 N–H and O–H groups in total. The molecule has 0 heterocycles. The van der Waals surface area contributed by atoms with Crippen molar-refractivity contribution in [3.63, 3.8) is 0 Å². The lowest BCUT2D eigenvalue weighted by Crippen LogP contribution is -2.40. The minimum atomic E-state index is 0.744. The van der Waals surface area contributed by atoms with E-state index in [0.29, 0.717) is 0 Å². The summed E-state index contributed by atoms with van der Waals surface area (Å²) >= 11 is 3.61. The molecule has 0 aliphatic rings. The number of nitrogens with zero attached hydrogens (tertiary/aromatic N) is 1. The van der Waals surface area contributed by atoms with Gasteiger partial charge in [-0.25, -0.2) is 4.48 Å². The summed E-state index contributed by atoms with van der Waals surface area (Å²) in [7, 11) is 0. The van der Waals surface area contributed by atoms with Gasteiger partial charge in [0.2, 0.25) is 0 Å². The normalized spacial score (nSPS) is 11.3. The second kappa shape index (κ2) is 7.58. The third kappa shape index (κ3) is 3.24. The SMILES string of the molecule is BrCCC[N+](c1ccccc1)(c1ccccc1)c1ccccc1. The van der Waals surface area contributed by atoms with Crippen LogP contribution in [0.25, 0.3) is 0 Å². The van der Waals surface area contributed by atoms with Crippen molar-refractivity contribution >= 4 is 33.0 Å². The van der Waals surface area contributed by atoms with Crippen LogP contribution >= 0.6 is 15.9 Å². The van der Waals surface area contributed by atoms with Crippen LogP contribution < -0.4 is 4.48 Å². The van der Waals surface area contributed by atoms with Crippen molar-refractivity contribution in [2.45, 2.75) is 6.42 Å². The molecule has 0 aromatic heterocycles. The van der Waals surface area contributed by atoms with Gasteiger partial charge in [0.25, 0.3) is 0 Å². The minimum absolute atomic E-state index is 0.744. The molecule has 23 heavy (non-hydrogen) atoms. The first-order chi connectivity index (χ1) is 11.4. The third-order valence-electron chi connectivity index (χ3n) is 4.22. The average Bonchev–Trinajstić information content (AvgIpc) is 2.65. The number of rotatable bonds is 6. The van der Waals surface area contributed by atoms with E-state index in [-0.39, 0.29) is 0 Å². The summed E-state index contributed by atoms with van der Waals surface area (Å²) in [6, 6.07) is 32.4. The lowest BCUT2D eigenvalue weighted by atomic mass is 10.1. The zero-order valence-corrected chi connectivity index (χ0v) is 14.7. The Morgan fingerprint density at radius 3 is 1.22 bits per heavy atom. The average molecular weight is 367 g/mol. The molecular weight excluding hydrogens is 346 g/mol. The molecule has 0 aliphatic carbocycles. The van der Waals surface area contributed by atoms with E-state index in [4.69, 9.17) is 0 Å². The highest BCUT2D eigenvalue weighted by molar-refractivity contribution is 9.09. The fraction of sp³-hybridized carbons (Fsp3) is 0.143. The number of quaternary nitrogens is 1. The molecule has 2 heteroatoms. The number of benzene rings is 3. The van der Waals surface area contributed by atoms with Crippen LogP contribution in [-0.4, -0.2) is 11.9 Å². The standard InChI is InChI=1S/C21H21BrN/c22-17-10-18-23(19-11-4-1-5-12-19,20-13-6-2-7-14-20)21-15-8-3-9-16-21/h1-9,11-16H,10,17-18H2/q+1. The van der Waals surface area contributed by atoms with E-state index in [9.17, 15) is 0 Å². The van der Waals surface area contributed by atoms with Gasteiger partial charge in [0.1, 0.15) is 17.1 Å². The van der Waals surface area contributed by atoms with Crippen molar-refractivity contribution in [1.29, 1.82) is 0 Å². The Hall–Kier alpha value is -1.90. The molecule has 0 atom stereocenters. The van der Waals surface area contributed by atoms with Gasteiger partial charge in [-0.2, -0.15) is 0 Å². The molecule has 0 radical (unpaired) electrons. The number of alkyl halides is 1. The molecule has 3 aromatic carbocycles. The van der Waals surface area contributed by atoms with Crippen LogP contribution in [0.3, 0.4) is 0 Å². The maximum Gasteiger partial charge on any atom is 0.143 e. The Kier molecular flexibility index (Phi) is 5.27. The monoisotopic (exact) mass is 366 g/mol. The van der Waals surface area contributed by atoms with E-state index in [1.807, 2.05) is 0 Å². The molecule has 0 fully saturated rings. The van der Waals surface area contributed by atoms with Crippen molar-refractivity contribution in [1.82, 2.24) is 4.48 Å². The Balaban J connectivity index is 2.25. The third-order valence-corrected chi connectivity index (χ3v) is 4.78. The van der Waals surface area contributed by atoms with Gasteiger partial charge in [-0.05, 0) is 36.4 Å². The summed E-state index contributed by atoms with van der Waals surface area (Å²) in [6.45, 7) is 1.02. The summed E-state index contributed by atoms with van der Waals surface area (Å²) in [6.07, 6.45) is 1.10. The summed E-state index contributed by atoms with van der Waals surface area (Å²) in [5, 5.41) is 1.000. The molecule has 0 saturated carbocycles. The first kappa shape index (κ1) is 16.0. The van der Waals surface area contributed by atoms with Crippen LogP contribution in [0.2, 0.25) is 0 Å². The molecule has 0 unspecified atom stereocenters. The lowest BCUT2D eigenvalue weighted by molar-refractivity contribution is 0.514. The second-order valence-corrected chi connectivity index (χ2v) is 6.38. The van der Waals surface area contributed by atoms with Crippen LogP contribution in [0.4, 0.5) is 17.1 Å². The molecule has 0 spiro atoms. The topological polar surface area (TPSA) is 0 Å². The van der Waals surface area contributed by atoms with Crippen molar-refractivity contribution in [2.75, 3.05) is 11.9 Å².